The molecule has 4 heteroatoms. The standard InChI is InChI=1S/C11H18N2OS/c1-8-2-7-11(14)13(8)10-5-3-9(12-15)4-6-10/h3,10-12,14-15H,1-2,4-7H2. The van der Waals surface area contributed by atoms with Crippen LogP contribution in [-0.2, 0) is 0 Å². The highest BCUT2D eigenvalue weighted by Gasteiger charge is 2.31. The number of allylic oxidation sites excluding steroid dienone is 2. The highest BCUT2D eigenvalue weighted by molar-refractivity contribution is 7.78. The number of aliphatic hydroxyl groups excluding tert-OH is 1. The third kappa shape index (κ3) is 2.16. The average molecular weight is 226 g/mol. The van der Waals surface area contributed by atoms with Gasteiger partial charge in [-0.25, -0.2) is 0 Å². The van der Waals surface area contributed by atoms with Crippen LogP contribution in [0.1, 0.15) is 32.1 Å². The first-order valence-corrected chi connectivity index (χ1v) is 5.90. The third-order valence-electron chi connectivity index (χ3n) is 3.30. The zero-order chi connectivity index (χ0) is 10.8. The fourth-order valence-corrected chi connectivity index (χ4v) is 2.65. The molecule has 1 aliphatic carbocycles. The Bertz CT molecular complexity index is 290. The molecule has 1 saturated heterocycles. The van der Waals surface area contributed by atoms with Gasteiger partial charge < -0.3 is 14.7 Å². The summed E-state index contributed by atoms with van der Waals surface area (Å²) in [7, 11) is 0. The highest BCUT2D eigenvalue weighted by Crippen LogP contribution is 2.32. The second-order valence-electron chi connectivity index (χ2n) is 4.26. The predicted octanol–water partition coefficient (Wildman–Crippen LogP) is 1.79. The van der Waals surface area contributed by atoms with E-state index >= 15 is 0 Å². The zero-order valence-corrected chi connectivity index (χ0v) is 9.71. The van der Waals surface area contributed by atoms with Crippen LogP contribution in [0.4, 0.5) is 0 Å². The molecular formula is C11H18N2OS. The van der Waals surface area contributed by atoms with E-state index in [4.69, 9.17) is 0 Å². The predicted molar refractivity (Wildman–Crippen MR) is 64.1 cm³/mol. The van der Waals surface area contributed by atoms with Gasteiger partial charge in [-0.2, -0.15) is 0 Å². The number of nitrogens with one attached hydrogen (secondary N) is 1. The Labute approximate surface area is 96.4 Å². The van der Waals surface area contributed by atoms with Crippen molar-refractivity contribution in [2.75, 3.05) is 0 Å². The van der Waals surface area contributed by atoms with Crippen molar-refractivity contribution < 1.29 is 5.11 Å². The fraction of sp³-hybridized carbons (Fsp3) is 0.636. The van der Waals surface area contributed by atoms with Crippen molar-refractivity contribution in [3.05, 3.63) is 24.0 Å². The van der Waals surface area contributed by atoms with Crippen LogP contribution in [0.5, 0.6) is 0 Å². The Balaban J connectivity index is 2.01. The monoisotopic (exact) mass is 226 g/mol. The molecule has 0 radical (unpaired) electrons. The molecule has 2 atom stereocenters. The molecule has 84 valence electrons. The number of nitrogens with zero attached hydrogens (tertiary/aromatic N) is 1. The number of rotatable bonds is 2. The molecular weight excluding hydrogens is 208 g/mol. The molecule has 0 bridgehead atoms. The van der Waals surface area contributed by atoms with Gasteiger partial charge >= 0.3 is 0 Å². The smallest absolute Gasteiger partial charge is 0.127 e. The summed E-state index contributed by atoms with van der Waals surface area (Å²) in [6.07, 6.45) is 6.65. The zero-order valence-electron chi connectivity index (χ0n) is 8.82. The summed E-state index contributed by atoms with van der Waals surface area (Å²) in [5.74, 6) is 0. The maximum absolute atomic E-state index is 9.85. The Morgan fingerprint density at radius 1 is 1.47 bits per heavy atom. The van der Waals surface area contributed by atoms with Gasteiger partial charge in [0.15, 0.2) is 0 Å². The van der Waals surface area contributed by atoms with Gasteiger partial charge in [-0.3, -0.25) is 0 Å². The van der Waals surface area contributed by atoms with E-state index in [2.05, 4.69) is 35.1 Å². The lowest BCUT2D eigenvalue weighted by Crippen LogP contribution is -2.38. The number of hydrogen-bond donors (Lipinski definition) is 3. The number of thiol groups is 1. The summed E-state index contributed by atoms with van der Waals surface area (Å²) in [4.78, 5) is 2.09. The fourth-order valence-electron chi connectivity index (χ4n) is 2.45. The average Bonchev–Trinajstić information content (AvgIpc) is 2.59. The summed E-state index contributed by atoms with van der Waals surface area (Å²) in [5.41, 5.74) is 2.28. The first-order chi connectivity index (χ1) is 7.22. The van der Waals surface area contributed by atoms with Crippen molar-refractivity contribution in [2.24, 2.45) is 0 Å². The van der Waals surface area contributed by atoms with Crippen molar-refractivity contribution in [1.29, 1.82) is 0 Å². The van der Waals surface area contributed by atoms with E-state index in [0.717, 1.165) is 37.8 Å². The van der Waals surface area contributed by atoms with Crippen molar-refractivity contribution >= 4 is 12.8 Å². The van der Waals surface area contributed by atoms with Crippen molar-refractivity contribution in [1.82, 2.24) is 9.62 Å². The second kappa shape index (κ2) is 4.49. The van der Waals surface area contributed by atoms with Crippen LogP contribution in [0.2, 0.25) is 0 Å². The van der Waals surface area contributed by atoms with Crippen molar-refractivity contribution in [3.8, 4) is 0 Å². The Morgan fingerprint density at radius 2 is 2.27 bits per heavy atom. The largest absolute Gasteiger partial charge is 0.374 e. The summed E-state index contributed by atoms with van der Waals surface area (Å²) < 4.78 is 2.89. The molecule has 1 aliphatic heterocycles. The van der Waals surface area contributed by atoms with E-state index in [1.54, 1.807) is 0 Å². The van der Waals surface area contributed by atoms with Gasteiger partial charge in [-0.05, 0) is 32.1 Å². The Morgan fingerprint density at radius 3 is 2.73 bits per heavy atom. The van der Waals surface area contributed by atoms with Crippen LogP contribution in [-0.4, -0.2) is 22.3 Å². The first-order valence-electron chi connectivity index (χ1n) is 5.45. The Hall–Kier alpha value is -0.610. The summed E-state index contributed by atoms with van der Waals surface area (Å²) >= 11 is 4.04. The van der Waals surface area contributed by atoms with Gasteiger partial charge in [0.05, 0.1) is 0 Å². The molecule has 15 heavy (non-hydrogen) atoms. The molecule has 2 aliphatic rings. The van der Waals surface area contributed by atoms with Gasteiger partial charge in [0.1, 0.15) is 6.23 Å². The third-order valence-corrected chi connectivity index (χ3v) is 3.58. The van der Waals surface area contributed by atoms with E-state index in [1.807, 2.05) is 0 Å². The maximum Gasteiger partial charge on any atom is 0.127 e. The van der Waals surface area contributed by atoms with Crippen molar-refractivity contribution in [3.63, 3.8) is 0 Å². The lowest BCUT2D eigenvalue weighted by atomic mass is 9.98. The van der Waals surface area contributed by atoms with Gasteiger partial charge in [-0.15, -0.1) is 0 Å². The quantitative estimate of drug-likeness (QED) is 0.628. The molecule has 0 aromatic heterocycles. The topological polar surface area (TPSA) is 35.5 Å². The van der Waals surface area contributed by atoms with Crippen LogP contribution >= 0.6 is 12.8 Å². The van der Waals surface area contributed by atoms with Gasteiger partial charge in [0.2, 0.25) is 0 Å². The van der Waals surface area contributed by atoms with Gasteiger partial charge in [0.25, 0.3) is 0 Å². The highest BCUT2D eigenvalue weighted by atomic mass is 32.1. The molecule has 2 unspecified atom stereocenters. The minimum atomic E-state index is -0.318. The van der Waals surface area contributed by atoms with Crippen LogP contribution in [0.15, 0.2) is 24.0 Å². The number of hydrogen-bond acceptors (Lipinski definition) is 4. The molecule has 0 spiro atoms. The van der Waals surface area contributed by atoms with E-state index in [0.29, 0.717) is 6.04 Å². The minimum absolute atomic E-state index is 0.318. The first kappa shape index (κ1) is 10.9. The normalized spacial score (nSPS) is 31.7. The van der Waals surface area contributed by atoms with E-state index in [1.165, 1.54) is 5.70 Å². The molecule has 0 saturated carbocycles. The Kier molecular flexibility index (Phi) is 3.26. The molecule has 2 rings (SSSR count). The summed E-state index contributed by atoms with van der Waals surface area (Å²) in [5, 5.41) is 9.85. The van der Waals surface area contributed by atoms with Crippen LogP contribution in [0.3, 0.4) is 0 Å². The lowest BCUT2D eigenvalue weighted by molar-refractivity contribution is 0.0217. The second-order valence-corrected chi connectivity index (χ2v) is 4.49. The van der Waals surface area contributed by atoms with E-state index < -0.39 is 0 Å². The van der Waals surface area contributed by atoms with Crippen LogP contribution in [0, 0.1) is 0 Å². The molecule has 2 N–H and O–H groups in total. The number of aliphatic hydroxyl groups is 1. The molecule has 1 heterocycles. The summed E-state index contributed by atoms with van der Waals surface area (Å²) in [6.45, 7) is 4.01. The summed E-state index contributed by atoms with van der Waals surface area (Å²) in [6, 6.07) is 0.417. The lowest BCUT2D eigenvalue weighted by Gasteiger charge is -2.35. The molecule has 1 fully saturated rings. The number of likely N-dealkylation sites (tertiary alicyclic amines) is 1. The van der Waals surface area contributed by atoms with Gasteiger partial charge in [-0.1, -0.05) is 25.5 Å². The van der Waals surface area contributed by atoms with Gasteiger partial charge in [0, 0.05) is 17.4 Å². The minimum Gasteiger partial charge on any atom is -0.374 e. The maximum atomic E-state index is 9.85. The molecule has 0 aromatic carbocycles. The van der Waals surface area contributed by atoms with Crippen LogP contribution in [0.25, 0.3) is 0 Å². The molecule has 0 amide bonds. The molecule has 0 aromatic rings. The molecule has 3 nitrogen and oxygen atoms in total. The van der Waals surface area contributed by atoms with Crippen LogP contribution < -0.4 is 4.72 Å². The van der Waals surface area contributed by atoms with Crippen molar-refractivity contribution in [2.45, 2.75) is 44.4 Å². The SMILES string of the molecule is C=C1CCC(O)N1C1CC=C(NS)CC1. The van der Waals surface area contributed by atoms with E-state index in [9.17, 15) is 5.11 Å². The van der Waals surface area contributed by atoms with E-state index in [-0.39, 0.29) is 6.23 Å².